The van der Waals surface area contributed by atoms with Gasteiger partial charge in [0.05, 0.1) is 17.3 Å². The molecule has 4 rings (SSSR count). The first kappa shape index (κ1) is 15.1. The second-order valence-corrected chi connectivity index (χ2v) is 5.87. The Bertz CT molecular complexity index is 1050. The molecule has 120 valence electrons. The van der Waals surface area contributed by atoms with Crippen LogP contribution < -0.4 is 0 Å². The third kappa shape index (κ3) is 2.47. The Labute approximate surface area is 145 Å². The van der Waals surface area contributed by atoms with Crippen LogP contribution in [-0.2, 0) is 0 Å². The number of phenolic OH excluding ortho intramolecular Hbond substituents is 1. The molecule has 0 fully saturated rings. The van der Waals surface area contributed by atoms with Crippen molar-refractivity contribution in [3.63, 3.8) is 0 Å². The summed E-state index contributed by atoms with van der Waals surface area (Å²) in [6, 6.07) is 16.3. The molecule has 0 spiro atoms. The van der Waals surface area contributed by atoms with Crippen molar-refractivity contribution >= 4 is 12.2 Å². The number of aliphatic hydroxyl groups excluding tert-OH is 1. The van der Waals surface area contributed by atoms with Gasteiger partial charge in [0.25, 0.3) is 0 Å². The number of nitriles is 1. The number of phenols is 1. The predicted molar refractivity (Wildman–Crippen MR) is 95.5 cm³/mol. The quantitative estimate of drug-likeness (QED) is 0.711. The number of hydrogen-bond acceptors (Lipinski definition) is 4. The fourth-order valence-corrected chi connectivity index (χ4v) is 3.15. The molecule has 0 saturated carbocycles. The first-order chi connectivity index (χ1) is 12.2. The van der Waals surface area contributed by atoms with Crippen LogP contribution in [0.1, 0.15) is 34.1 Å². The molecular weight excluding hydrogens is 312 g/mol. The molecule has 1 atom stereocenters. The summed E-state index contributed by atoms with van der Waals surface area (Å²) in [5.74, 6) is 0.162. The van der Waals surface area contributed by atoms with Crippen LogP contribution in [0.25, 0.3) is 23.3 Å². The summed E-state index contributed by atoms with van der Waals surface area (Å²) in [6.45, 7) is 0. The minimum Gasteiger partial charge on any atom is -0.507 e. The molecule has 1 aromatic heterocycles. The van der Waals surface area contributed by atoms with E-state index in [-0.39, 0.29) is 5.75 Å². The van der Waals surface area contributed by atoms with Gasteiger partial charge < -0.3 is 10.2 Å². The van der Waals surface area contributed by atoms with Crippen molar-refractivity contribution in [2.75, 3.05) is 0 Å². The first-order valence-corrected chi connectivity index (χ1v) is 7.86. The third-order valence-corrected chi connectivity index (χ3v) is 4.42. The molecule has 1 aliphatic carbocycles. The van der Waals surface area contributed by atoms with Gasteiger partial charge >= 0.3 is 0 Å². The summed E-state index contributed by atoms with van der Waals surface area (Å²) < 4.78 is 0. The second kappa shape index (κ2) is 5.90. The van der Waals surface area contributed by atoms with Crippen molar-refractivity contribution in [1.29, 1.82) is 5.26 Å². The van der Waals surface area contributed by atoms with Gasteiger partial charge in [-0.3, -0.25) is 4.98 Å². The molecule has 2 N–H and O–H groups in total. The van der Waals surface area contributed by atoms with E-state index in [0.29, 0.717) is 33.5 Å². The number of aromatic hydroxyl groups is 1. The van der Waals surface area contributed by atoms with Crippen molar-refractivity contribution in [3.8, 4) is 22.9 Å². The van der Waals surface area contributed by atoms with E-state index >= 15 is 0 Å². The van der Waals surface area contributed by atoms with Gasteiger partial charge in [-0.25, -0.2) is 0 Å². The summed E-state index contributed by atoms with van der Waals surface area (Å²) >= 11 is 0. The molecule has 2 aromatic carbocycles. The summed E-state index contributed by atoms with van der Waals surface area (Å²) in [7, 11) is 0. The molecule has 0 amide bonds. The molecule has 0 aliphatic heterocycles. The van der Waals surface area contributed by atoms with Crippen molar-refractivity contribution in [1.82, 2.24) is 4.98 Å². The Morgan fingerprint density at radius 1 is 1.00 bits per heavy atom. The molecule has 0 radical (unpaired) electrons. The van der Waals surface area contributed by atoms with E-state index in [2.05, 4.69) is 11.1 Å². The van der Waals surface area contributed by atoms with Crippen LogP contribution in [0.15, 0.2) is 54.7 Å². The van der Waals surface area contributed by atoms with E-state index in [1.54, 1.807) is 42.6 Å². The number of rotatable bonds is 1. The average Bonchev–Trinajstić information content (AvgIpc) is 2.79. The van der Waals surface area contributed by atoms with E-state index in [1.165, 1.54) is 0 Å². The number of para-hydroxylation sites is 1. The molecule has 0 saturated heterocycles. The van der Waals surface area contributed by atoms with E-state index in [9.17, 15) is 15.5 Å². The maximum absolute atomic E-state index is 10.9. The maximum Gasteiger partial charge on any atom is 0.123 e. The Kier molecular flexibility index (Phi) is 3.57. The molecular formula is C21H14N2O2. The summed E-state index contributed by atoms with van der Waals surface area (Å²) in [5.41, 5.74) is 4.57. The highest BCUT2D eigenvalue weighted by Gasteiger charge is 2.22. The van der Waals surface area contributed by atoms with Crippen LogP contribution in [0.3, 0.4) is 0 Å². The lowest BCUT2D eigenvalue weighted by Crippen LogP contribution is -2.05. The minimum atomic E-state index is -0.897. The Morgan fingerprint density at radius 2 is 1.84 bits per heavy atom. The highest BCUT2D eigenvalue weighted by Crippen LogP contribution is 2.36. The topological polar surface area (TPSA) is 77.1 Å². The zero-order valence-corrected chi connectivity index (χ0v) is 13.2. The van der Waals surface area contributed by atoms with Crippen molar-refractivity contribution in [2.45, 2.75) is 6.10 Å². The van der Waals surface area contributed by atoms with Gasteiger partial charge in [0.15, 0.2) is 0 Å². The highest BCUT2D eigenvalue weighted by molar-refractivity contribution is 5.79. The lowest BCUT2D eigenvalue weighted by atomic mass is 9.94. The van der Waals surface area contributed by atoms with Crippen LogP contribution in [-0.4, -0.2) is 15.2 Å². The number of pyridine rings is 1. The van der Waals surface area contributed by atoms with Crippen LogP contribution in [0.4, 0.5) is 0 Å². The zero-order valence-electron chi connectivity index (χ0n) is 13.2. The van der Waals surface area contributed by atoms with Crippen molar-refractivity contribution < 1.29 is 10.2 Å². The van der Waals surface area contributed by atoms with E-state index < -0.39 is 6.10 Å². The predicted octanol–water partition coefficient (Wildman–Crippen LogP) is 3.89. The fourth-order valence-electron chi connectivity index (χ4n) is 3.15. The van der Waals surface area contributed by atoms with Gasteiger partial charge in [0.1, 0.15) is 11.9 Å². The molecule has 3 aromatic rings. The normalized spacial score (nSPS) is 15.0. The largest absolute Gasteiger partial charge is 0.507 e. The summed E-state index contributed by atoms with van der Waals surface area (Å²) in [6.07, 6.45) is 4.40. The molecule has 4 heteroatoms. The van der Waals surface area contributed by atoms with Crippen LogP contribution in [0, 0.1) is 11.3 Å². The third-order valence-electron chi connectivity index (χ3n) is 4.42. The Balaban J connectivity index is 1.90. The zero-order chi connectivity index (χ0) is 17.4. The minimum absolute atomic E-state index is 0.162. The van der Waals surface area contributed by atoms with Gasteiger partial charge in [-0.1, -0.05) is 36.4 Å². The van der Waals surface area contributed by atoms with Gasteiger partial charge in [-0.05, 0) is 35.4 Å². The highest BCUT2D eigenvalue weighted by atomic mass is 16.3. The second-order valence-electron chi connectivity index (χ2n) is 5.87. The maximum atomic E-state index is 10.9. The number of fused-ring (bicyclic) bond motifs is 2. The Morgan fingerprint density at radius 3 is 2.64 bits per heavy atom. The monoisotopic (exact) mass is 326 g/mol. The molecule has 4 nitrogen and oxygen atoms in total. The Hall–Kier alpha value is -3.42. The van der Waals surface area contributed by atoms with Crippen LogP contribution in [0.5, 0.6) is 5.75 Å². The first-order valence-electron chi connectivity index (χ1n) is 7.86. The van der Waals surface area contributed by atoms with Crippen molar-refractivity contribution in [2.24, 2.45) is 0 Å². The van der Waals surface area contributed by atoms with Gasteiger partial charge in [-0.15, -0.1) is 0 Å². The number of nitrogens with zero attached hydrogens (tertiary/aromatic N) is 2. The van der Waals surface area contributed by atoms with Crippen molar-refractivity contribution in [3.05, 3.63) is 82.7 Å². The van der Waals surface area contributed by atoms with E-state index in [0.717, 1.165) is 5.56 Å². The number of aromatic nitrogens is 1. The summed E-state index contributed by atoms with van der Waals surface area (Å²) in [5, 5.41) is 30.3. The van der Waals surface area contributed by atoms with E-state index in [1.807, 2.05) is 24.3 Å². The SMILES string of the molecule is N#Cc1cccc2c1C=Cc1ncc(-c3ccccc3O)cc1C2O. The molecule has 0 bridgehead atoms. The summed E-state index contributed by atoms with van der Waals surface area (Å²) in [4.78, 5) is 4.44. The van der Waals surface area contributed by atoms with Crippen LogP contribution >= 0.6 is 0 Å². The lowest BCUT2D eigenvalue weighted by Gasteiger charge is -2.16. The molecule has 25 heavy (non-hydrogen) atoms. The van der Waals surface area contributed by atoms with Crippen LogP contribution in [0.2, 0.25) is 0 Å². The molecule has 1 unspecified atom stereocenters. The smallest absolute Gasteiger partial charge is 0.123 e. The fraction of sp³-hybridized carbons (Fsp3) is 0.0476. The van der Waals surface area contributed by atoms with E-state index in [4.69, 9.17) is 0 Å². The number of benzene rings is 2. The average molecular weight is 326 g/mol. The van der Waals surface area contributed by atoms with Gasteiger partial charge in [0.2, 0.25) is 0 Å². The number of aliphatic hydroxyl groups is 1. The number of hydrogen-bond donors (Lipinski definition) is 2. The van der Waals surface area contributed by atoms with Gasteiger partial charge in [0, 0.05) is 22.9 Å². The lowest BCUT2D eigenvalue weighted by molar-refractivity contribution is 0.219. The molecule has 1 aliphatic rings. The molecule has 1 heterocycles. The standard InChI is InChI=1S/C21H14N2O2/c22-11-13-4-3-6-17-15(13)8-9-19-18(21(17)25)10-14(12-23-19)16-5-1-2-7-20(16)24/h1-10,12,21,24-25H. The van der Waals surface area contributed by atoms with Gasteiger partial charge in [-0.2, -0.15) is 5.26 Å².